The summed E-state index contributed by atoms with van der Waals surface area (Å²) in [5.41, 5.74) is 1.34. The molecule has 0 aliphatic heterocycles. The fourth-order valence-electron chi connectivity index (χ4n) is 1.74. The first-order valence-corrected chi connectivity index (χ1v) is 7.16. The number of aliphatic imine (C=N–C) groups is 1. The summed E-state index contributed by atoms with van der Waals surface area (Å²) in [5, 5.41) is 8.90. The molecule has 1 heterocycles. The van der Waals surface area contributed by atoms with Gasteiger partial charge in [0.15, 0.2) is 5.96 Å². The molecule has 2 N–H and O–H groups in total. The predicted octanol–water partition coefficient (Wildman–Crippen LogP) is 2.52. The Hall–Kier alpha value is -1.03. The summed E-state index contributed by atoms with van der Waals surface area (Å²) >= 11 is 1.78. The van der Waals surface area contributed by atoms with Crippen molar-refractivity contribution in [2.75, 3.05) is 6.54 Å². The van der Waals surface area contributed by atoms with Crippen molar-refractivity contribution in [1.82, 2.24) is 10.6 Å². The molecule has 94 valence electrons. The Morgan fingerprint density at radius 3 is 2.88 bits per heavy atom. The zero-order chi connectivity index (χ0) is 12.3. The molecule has 0 bridgehead atoms. The molecule has 17 heavy (non-hydrogen) atoms. The molecule has 0 spiro atoms. The Labute approximate surface area is 107 Å². The van der Waals surface area contributed by atoms with Crippen LogP contribution in [0.2, 0.25) is 0 Å². The van der Waals surface area contributed by atoms with Gasteiger partial charge in [-0.25, -0.2) is 4.99 Å². The molecule has 1 fully saturated rings. The average Bonchev–Trinajstić information content (AvgIpc) is 2.83. The summed E-state index contributed by atoms with van der Waals surface area (Å²) in [6, 6.07) is 2.77. The zero-order valence-electron chi connectivity index (χ0n) is 10.8. The lowest BCUT2D eigenvalue weighted by molar-refractivity contribution is 0.767. The molecular formula is C13H21N3S. The second kappa shape index (κ2) is 5.54. The van der Waals surface area contributed by atoms with Crippen LogP contribution in [0.25, 0.3) is 0 Å². The Morgan fingerprint density at radius 2 is 2.35 bits per heavy atom. The molecule has 1 aromatic rings. The molecule has 4 heteroatoms. The van der Waals surface area contributed by atoms with Gasteiger partial charge in [0.2, 0.25) is 0 Å². The third-order valence-corrected chi connectivity index (χ3v) is 4.13. The minimum absolute atomic E-state index is 0.622. The maximum Gasteiger partial charge on any atom is 0.191 e. The molecule has 3 nitrogen and oxygen atoms in total. The fraction of sp³-hybridized carbons (Fsp3) is 0.615. The predicted molar refractivity (Wildman–Crippen MR) is 74.6 cm³/mol. The number of nitrogens with one attached hydrogen (secondary N) is 2. The topological polar surface area (TPSA) is 36.4 Å². The van der Waals surface area contributed by atoms with Crippen molar-refractivity contribution in [2.45, 2.75) is 39.8 Å². The first-order valence-electron chi connectivity index (χ1n) is 6.28. The number of aryl methyl sites for hydroxylation is 1. The van der Waals surface area contributed by atoms with E-state index in [9.17, 15) is 0 Å². The van der Waals surface area contributed by atoms with Gasteiger partial charge in [-0.15, -0.1) is 11.3 Å². The van der Waals surface area contributed by atoms with Gasteiger partial charge >= 0.3 is 0 Å². The molecule has 0 saturated heterocycles. The lowest BCUT2D eigenvalue weighted by atomic mass is 10.3. The highest BCUT2D eigenvalue weighted by molar-refractivity contribution is 7.10. The van der Waals surface area contributed by atoms with Crippen LogP contribution in [-0.4, -0.2) is 18.5 Å². The van der Waals surface area contributed by atoms with Crippen LogP contribution in [0.3, 0.4) is 0 Å². The smallest absolute Gasteiger partial charge is 0.191 e. The number of thiophene rings is 1. The number of hydrogen-bond donors (Lipinski definition) is 2. The second-order valence-corrected chi connectivity index (χ2v) is 5.69. The maximum atomic E-state index is 4.64. The number of nitrogens with zero attached hydrogens (tertiary/aromatic N) is 1. The quantitative estimate of drug-likeness (QED) is 0.637. The van der Waals surface area contributed by atoms with Crippen LogP contribution in [0.1, 0.15) is 30.7 Å². The first kappa shape index (κ1) is 12.4. The number of rotatable bonds is 4. The average molecular weight is 251 g/mol. The lowest BCUT2D eigenvalue weighted by Gasteiger charge is -2.10. The molecule has 1 aromatic heterocycles. The summed E-state index contributed by atoms with van der Waals surface area (Å²) < 4.78 is 0. The van der Waals surface area contributed by atoms with Crippen molar-refractivity contribution < 1.29 is 0 Å². The van der Waals surface area contributed by atoms with E-state index in [1.165, 1.54) is 16.9 Å². The van der Waals surface area contributed by atoms with Crippen LogP contribution < -0.4 is 10.6 Å². The van der Waals surface area contributed by atoms with Crippen molar-refractivity contribution in [2.24, 2.45) is 10.9 Å². The minimum atomic E-state index is 0.622. The van der Waals surface area contributed by atoms with Gasteiger partial charge in [0, 0.05) is 17.5 Å². The van der Waals surface area contributed by atoms with E-state index in [0.717, 1.165) is 25.0 Å². The molecule has 0 amide bonds. The Morgan fingerprint density at radius 1 is 1.59 bits per heavy atom. The van der Waals surface area contributed by atoms with Gasteiger partial charge in [-0.2, -0.15) is 0 Å². The SMILES string of the molecule is CCNC(=NCc1sccc1C)NC1CC1C. The van der Waals surface area contributed by atoms with Crippen LogP contribution in [0, 0.1) is 12.8 Å². The van der Waals surface area contributed by atoms with Crippen LogP contribution in [0.15, 0.2) is 16.4 Å². The monoisotopic (exact) mass is 251 g/mol. The molecule has 2 rings (SSSR count). The van der Waals surface area contributed by atoms with Crippen LogP contribution in [0.5, 0.6) is 0 Å². The van der Waals surface area contributed by atoms with Crippen molar-refractivity contribution in [1.29, 1.82) is 0 Å². The van der Waals surface area contributed by atoms with E-state index >= 15 is 0 Å². The standard InChI is InChI=1S/C13H21N3S/c1-4-14-13(16-11-7-10(11)3)15-8-12-9(2)5-6-17-12/h5-6,10-11H,4,7-8H2,1-3H3,(H2,14,15,16). The third-order valence-electron chi connectivity index (χ3n) is 3.12. The molecule has 1 aliphatic rings. The molecule has 0 aromatic carbocycles. The highest BCUT2D eigenvalue weighted by atomic mass is 32.1. The summed E-state index contributed by atoms with van der Waals surface area (Å²) in [6.07, 6.45) is 1.27. The van der Waals surface area contributed by atoms with E-state index in [2.05, 4.69) is 47.8 Å². The van der Waals surface area contributed by atoms with Crippen LogP contribution in [0.4, 0.5) is 0 Å². The van der Waals surface area contributed by atoms with E-state index in [0.29, 0.717) is 6.04 Å². The van der Waals surface area contributed by atoms with Crippen molar-refractivity contribution in [3.8, 4) is 0 Å². The normalized spacial score (nSPS) is 23.6. The van der Waals surface area contributed by atoms with Gasteiger partial charge in [0.05, 0.1) is 6.54 Å². The molecule has 2 unspecified atom stereocenters. The highest BCUT2D eigenvalue weighted by Gasteiger charge is 2.33. The zero-order valence-corrected chi connectivity index (χ0v) is 11.6. The lowest BCUT2D eigenvalue weighted by Crippen LogP contribution is -2.39. The van der Waals surface area contributed by atoms with Gasteiger partial charge in [-0.1, -0.05) is 6.92 Å². The number of hydrogen-bond acceptors (Lipinski definition) is 2. The van der Waals surface area contributed by atoms with Gasteiger partial charge in [0.25, 0.3) is 0 Å². The molecular weight excluding hydrogens is 230 g/mol. The summed E-state index contributed by atoms with van der Waals surface area (Å²) in [5.74, 6) is 1.75. The van der Waals surface area contributed by atoms with Crippen LogP contribution in [-0.2, 0) is 6.54 Å². The Kier molecular flexibility index (Phi) is 4.05. The van der Waals surface area contributed by atoms with Gasteiger partial charge in [-0.3, -0.25) is 0 Å². The molecule has 2 atom stereocenters. The van der Waals surface area contributed by atoms with Gasteiger partial charge < -0.3 is 10.6 Å². The Bertz CT molecular complexity index is 397. The van der Waals surface area contributed by atoms with E-state index in [4.69, 9.17) is 0 Å². The van der Waals surface area contributed by atoms with Crippen LogP contribution >= 0.6 is 11.3 Å². The second-order valence-electron chi connectivity index (χ2n) is 4.69. The van der Waals surface area contributed by atoms with E-state index in [1.54, 1.807) is 11.3 Å². The fourth-order valence-corrected chi connectivity index (χ4v) is 2.57. The van der Waals surface area contributed by atoms with Gasteiger partial charge in [0.1, 0.15) is 0 Å². The van der Waals surface area contributed by atoms with Crippen molar-refractivity contribution in [3.63, 3.8) is 0 Å². The largest absolute Gasteiger partial charge is 0.357 e. The molecule has 0 radical (unpaired) electrons. The molecule has 1 saturated carbocycles. The summed E-state index contributed by atoms with van der Waals surface area (Å²) in [6.45, 7) is 8.20. The first-order chi connectivity index (χ1) is 8.20. The van der Waals surface area contributed by atoms with Crippen molar-refractivity contribution in [3.05, 3.63) is 21.9 Å². The van der Waals surface area contributed by atoms with E-state index in [1.807, 2.05) is 0 Å². The van der Waals surface area contributed by atoms with Crippen molar-refractivity contribution >= 4 is 17.3 Å². The summed E-state index contributed by atoms with van der Waals surface area (Å²) in [7, 11) is 0. The number of guanidine groups is 1. The minimum Gasteiger partial charge on any atom is -0.357 e. The highest BCUT2D eigenvalue weighted by Crippen LogP contribution is 2.28. The van der Waals surface area contributed by atoms with E-state index < -0.39 is 0 Å². The van der Waals surface area contributed by atoms with Gasteiger partial charge in [-0.05, 0) is 43.2 Å². The summed E-state index contributed by atoms with van der Waals surface area (Å²) in [4.78, 5) is 5.99. The maximum absolute atomic E-state index is 4.64. The Balaban J connectivity index is 1.92. The third kappa shape index (κ3) is 3.46. The van der Waals surface area contributed by atoms with E-state index in [-0.39, 0.29) is 0 Å². The molecule has 1 aliphatic carbocycles.